The van der Waals surface area contributed by atoms with E-state index in [1.165, 1.54) is 0 Å². The second-order valence-corrected chi connectivity index (χ2v) is 7.57. The lowest BCUT2D eigenvalue weighted by Crippen LogP contribution is -2.22. The summed E-state index contributed by atoms with van der Waals surface area (Å²) >= 11 is 0. The van der Waals surface area contributed by atoms with Crippen LogP contribution in [0.5, 0.6) is 17.4 Å². The van der Waals surface area contributed by atoms with Gasteiger partial charge >= 0.3 is 0 Å². The normalized spacial score (nSPS) is 10.9. The minimum atomic E-state index is -0.328. The minimum absolute atomic E-state index is 0.201. The van der Waals surface area contributed by atoms with Crippen LogP contribution in [-0.4, -0.2) is 51.3 Å². The fraction of sp³-hybridized carbons (Fsp3) is 0.304. The zero-order valence-electron chi connectivity index (χ0n) is 19.2. The molecule has 172 valence electrons. The number of nitrogens with one attached hydrogen (secondary N) is 1. The molecule has 0 spiro atoms. The quantitative estimate of drug-likeness (QED) is 0.440. The predicted molar refractivity (Wildman–Crippen MR) is 123 cm³/mol. The van der Waals surface area contributed by atoms with Gasteiger partial charge in [-0.3, -0.25) is 4.79 Å². The number of anilines is 1. The number of pyridine rings is 1. The lowest BCUT2D eigenvalue weighted by atomic mass is 10.2. The SMILES string of the molecule is COc1cccc(Cn2nccc2NC(=O)COc2nn(C)c3nc(C)cc(C)c23)c1OC. The van der Waals surface area contributed by atoms with E-state index in [1.54, 1.807) is 42.9 Å². The summed E-state index contributed by atoms with van der Waals surface area (Å²) in [5.74, 6) is 1.84. The van der Waals surface area contributed by atoms with Crippen molar-refractivity contribution in [3.05, 3.63) is 53.3 Å². The van der Waals surface area contributed by atoms with Crippen molar-refractivity contribution in [1.82, 2.24) is 24.5 Å². The molecule has 4 aromatic rings. The maximum absolute atomic E-state index is 12.6. The maximum Gasteiger partial charge on any atom is 0.263 e. The molecule has 0 bridgehead atoms. The topological polar surface area (TPSA) is 105 Å². The van der Waals surface area contributed by atoms with E-state index in [0.29, 0.717) is 35.4 Å². The Balaban J connectivity index is 1.46. The van der Waals surface area contributed by atoms with Gasteiger partial charge in [0.2, 0.25) is 5.88 Å². The highest BCUT2D eigenvalue weighted by molar-refractivity contribution is 5.91. The molecule has 4 rings (SSSR count). The fourth-order valence-corrected chi connectivity index (χ4v) is 3.77. The second kappa shape index (κ2) is 9.19. The number of hydrogen-bond acceptors (Lipinski definition) is 7. The summed E-state index contributed by atoms with van der Waals surface area (Å²) in [6.07, 6.45) is 1.62. The average molecular weight is 450 g/mol. The molecule has 1 N–H and O–H groups in total. The number of aryl methyl sites for hydroxylation is 3. The largest absolute Gasteiger partial charge is 0.493 e. The van der Waals surface area contributed by atoms with E-state index in [-0.39, 0.29) is 12.5 Å². The molecule has 0 atom stereocenters. The van der Waals surface area contributed by atoms with Crippen LogP contribution >= 0.6 is 0 Å². The van der Waals surface area contributed by atoms with Crippen molar-refractivity contribution < 1.29 is 19.0 Å². The van der Waals surface area contributed by atoms with Crippen LogP contribution in [0.15, 0.2) is 36.5 Å². The van der Waals surface area contributed by atoms with Crippen LogP contribution in [0.25, 0.3) is 11.0 Å². The van der Waals surface area contributed by atoms with Gasteiger partial charge in [-0.1, -0.05) is 12.1 Å². The maximum atomic E-state index is 12.6. The van der Waals surface area contributed by atoms with Gasteiger partial charge in [-0.05, 0) is 31.5 Å². The minimum Gasteiger partial charge on any atom is -0.493 e. The summed E-state index contributed by atoms with van der Waals surface area (Å²) < 4.78 is 19.9. The second-order valence-electron chi connectivity index (χ2n) is 7.57. The Morgan fingerprint density at radius 2 is 1.97 bits per heavy atom. The van der Waals surface area contributed by atoms with Gasteiger partial charge in [0.05, 0.1) is 32.3 Å². The van der Waals surface area contributed by atoms with Gasteiger partial charge in [-0.2, -0.15) is 5.10 Å². The highest BCUT2D eigenvalue weighted by Gasteiger charge is 2.17. The smallest absolute Gasteiger partial charge is 0.263 e. The van der Waals surface area contributed by atoms with Gasteiger partial charge in [-0.25, -0.2) is 14.3 Å². The third-order valence-corrected chi connectivity index (χ3v) is 5.22. The summed E-state index contributed by atoms with van der Waals surface area (Å²) in [6.45, 7) is 4.08. The van der Waals surface area contributed by atoms with Crippen molar-refractivity contribution in [2.75, 3.05) is 26.1 Å². The number of methoxy groups -OCH3 is 2. The van der Waals surface area contributed by atoms with Gasteiger partial charge in [0.1, 0.15) is 5.82 Å². The van der Waals surface area contributed by atoms with Gasteiger partial charge in [0.15, 0.2) is 23.8 Å². The molecule has 0 fully saturated rings. The standard InChI is InChI=1S/C23H26N6O4/c1-14-11-15(2)25-22-20(14)23(27-28(22)3)33-13-19(30)26-18-9-10-24-29(18)12-16-7-6-8-17(31-4)21(16)32-5/h6-11H,12-13H2,1-5H3,(H,26,30). The van der Waals surface area contributed by atoms with Crippen LogP contribution in [0.4, 0.5) is 5.82 Å². The number of ether oxygens (including phenoxy) is 3. The highest BCUT2D eigenvalue weighted by Crippen LogP contribution is 2.31. The van der Waals surface area contributed by atoms with Crippen LogP contribution < -0.4 is 19.5 Å². The summed E-state index contributed by atoms with van der Waals surface area (Å²) in [5.41, 5.74) is 3.47. The van der Waals surface area contributed by atoms with E-state index in [2.05, 4.69) is 20.5 Å². The number of nitrogens with zero attached hydrogens (tertiary/aromatic N) is 5. The Hall–Kier alpha value is -4.08. The van der Waals surface area contributed by atoms with Crippen molar-refractivity contribution in [2.45, 2.75) is 20.4 Å². The zero-order valence-corrected chi connectivity index (χ0v) is 19.2. The van der Waals surface area contributed by atoms with E-state index in [0.717, 1.165) is 22.2 Å². The van der Waals surface area contributed by atoms with Crippen molar-refractivity contribution in [2.24, 2.45) is 7.05 Å². The Kier molecular flexibility index (Phi) is 6.16. The first-order valence-electron chi connectivity index (χ1n) is 10.4. The van der Waals surface area contributed by atoms with E-state index >= 15 is 0 Å². The Morgan fingerprint density at radius 1 is 1.15 bits per heavy atom. The first-order valence-corrected chi connectivity index (χ1v) is 10.4. The molecule has 0 unspecified atom stereocenters. The summed E-state index contributed by atoms with van der Waals surface area (Å²) in [6, 6.07) is 9.30. The number of hydrogen-bond donors (Lipinski definition) is 1. The van der Waals surface area contributed by atoms with E-state index in [9.17, 15) is 4.79 Å². The lowest BCUT2D eigenvalue weighted by Gasteiger charge is -2.14. The third kappa shape index (κ3) is 4.45. The summed E-state index contributed by atoms with van der Waals surface area (Å²) in [4.78, 5) is 17.1. The number of carbonyl (C=O) groups is 1. The molecular formula is C23H26N6O4. The van der Waals surface area contributed by atoms with Crippen LogP contribution in [0.1, 0.15) is 16.8 Å². The number of aromatic nitrogens is 5. The number of benzene rings is 1. The van der Waals surface area contributed by atoms with Crippen molar-refractivity contribution in [3.63, 3.8) is 0 Å². The third-order valence-electron chi connectivity index (χ3n) is 5.22. The van der Waals surface area contributed by atoms with Crippen LogP contribution in [-0.2, 0) is 18.4 Å². The number of rotatable bonds is 8. The molecule has 10 nitrogen and oxygen atoms in total. The molecule has 0 radical (unpaired) electrons. The molecule has 0 aliphatic heterocycles. The molecule has 0 aliphatic rings. The first-order chi connectivity index (χ1) is 15.9. The molecule has 3 aromatic heterocycles. The van der Waals surface area contributed by atoms with Gasteiger partial charge in [0.25, 0.3) is 5.91 Å². The Labute approximate surface area is 191 Å². The van der Waals surface area contributed by atoms with Gasteiger partial charge in [-0.15, -0.1) is 5.10 Å². The zero-order chi connectivity index (χ0) is 23.5. The van der Waals surface area contributed by atoms with E-state index in [4.69, 9.17) is 14.2 Å². The monoisotopic (exact) mass is 450 g/mol. The average Bonchev–Trinajstić information content (AvgIpc) is 3.35. The molecule has 0 saturated carbocycles. The number of fused-ring (bicyclic) bond motifs is 1. The van der Waals surface area contributed by atoms with Gasteiger partial charge in [0, 0.05) is 24.4 Å². The van der Waals surface area contributed by atoms with Crippen LogP contribution in [0.2, 0.25) is 0 Å². The number of para-hydroxylation sites is 1. The molecule has 0 saturated heterocycles. The molecule has 1 aromatic carbocycles. The molecule has 0 aliphatic carbocycles. The van der Waals surface area contributed by atoms with E-state index in [1.807, 2.05) is 38.1 Å². The van der Waals surface area contributed by atoms with Crippen molar-refractivity contribution >= 4 is 22.8 Å². The molecule has 3 heterocycles. The number of carbonyl (C=O) groups excluding carboxylic acids is 1. The predicted octanol–water partition coefficient (Wildman–Crippen LogP) is 2.86. The summed E-state index contributed by atoms with van der Waals surface area (Å²) in [7, 11) is 4.97. The molecule has 1 amide bonds. The number of amides is 1. The highest BCUT2D eigenvalue weighted by atomic mass is 16.5. The van der Waals surface area contributed by atoms with Gasteiger partial charge < -0.3 is 19.5 Å². The Bertz CT molecular complexity index is 1310. The molecular weight excluding hydrogens is 424 g/mol. The summed E-state index contributed by atoms with van der Waals surface area (Å²) in [5, 5.41) is 12.3. The van der Waals surface area contributed by atoms with Crippen LogP contribution in [0, 0.1) is 13.8 Å². The molecule has 33 heavy (non-hydrogen) atoms. The fourth-order valence-electron chi connectivity index (χ4n) is 3.77. The van der Waals surface area contributed by atoms with E-state index < -0.39 is 0 Å². The molecule has 10 heteroatoms. The van der Waals surface area contributed by atoms with Crippen LogP contribution in [0.3, 0.4) is 0 Å². The lowest BCUT2D eigenvalue weighted by molar-refractivity contribution is -0.118. The Morgan fingerprint density at radius 3 is 2.73 bits per heavy atom. The van der Waals surface area contributed by atoms with Crippen molar-refractivity contribution in [3.8, 4) is 17.4 Å². The van der Waals surface area contributed by atoms with Crippen molar-refractivity contribution in [1.29, 1.82) is 0 Å². The first kappa shape index (κ1) is 22.1.